The second-order valence-corrected chi connectivity index (χ2v) is 8.30. The van der Waals surface area contributed by atoms with E-state index >= 15 is 0 Å². The third-order valence-electron chi connectivity index (χ3n) is 5.27. The quantitative estimate of drug-likeness (QED) is 0.736. The van der Waals surface area contributed by atoms with Crippen LogP contribution in [0.1, 0.15) is 66.7 Å². The van der Waals surface area contributed by atoms with Gasteiger partial charge in [-0.3, -0.25) is 4.79 Å². The van der Waals surface area contributed by atoms with Gasteiger partial charge >= 0.3 is 0 Å². The van der Waals surface area contributed by atoms with Crippen molar-refractivity contribution in [1.29, 1.82) is 0 Å². The van der Waals surface area contributed by atoms with Crippen LogP contribution in [0.2, 0.25) is 0 Å². The smallest absolute Gasteiger partial charge is 0.138 e. The Bertz CT molecular complexity index is 501. The fourth-order valence-electron chi connectivity index (χ4n) is 3.64. The summed E-state index contributed by atoms with van der Waals surface area (Å²) in [6.07, 6.45) is 9.67. The van der Waals surface area contributed by atoms with Crippen molar-refractivity contribution in [3.63, 3.8) is 0 Å². The minimum absolute atomic E-state index is 0.0739. The topological polar surface area (TPSA) is 46.5 Å². The zero-order chi connectivity index (χ0) is 17.3. The Balaban J connectivity index is 2.29. The Morgan fingerprint density at radius 2 is 2.00 bits per heavy atom. The Hall–Kier alpha value is -0.930. The second-order valence-electron chi connectivity index (χ2n) is 8.30. The van der Waals surface area contributed by atoms with Crippen LogP contribution in [0, 0.1) is 11.8 Å². The number of allylic oxidation sites excluding steroid dienone is 2. The summed E-state index contributed by atoms with van der Waals surface area (Å²) in [6.45, 7) is 10.3. The zero-order valence-corrected chi connectivity index (χ0v) is 15.3. The fraction of sp³-hybridized carbons (Fsp3) is 0.750. The van der Waals surface area contributed by atoms with Crippen LogP contribution in [0.15, 0.2) is 23.8 Å². The normalized spacial score (nSPS) is 43.3. The first-order valence-corrected chi connectivity index (χ1v) is 8.88. The SMILES string of the molecule is C/C1=C\C[C@@H](C(C)C)/C=C/[C@@](C)(O)CC(=O)C[C@@]2(C)CC[C@@H]1O2. The van der Waals surface area contributed by atoms with Gasteiger partial charge in [-0.2, -0.15) is 0 Å². The summed E-state index contributed by atoms with van der Waals surface area (Å²) in [6, 6.07) is 0. The number of rotatable bonds is 1. The standard InChI is InChI=1S/C20H32O3/c1-14(2)16-7-6-15(3)18-9-11-20(5,23-18)13-17(21)12-19(4,22)10-8-16/h6,8,10,14,16,18,22H,7,9,11-13H2,1-5H3/b10-8+,15-6+/t16-,18+,19-,20-/m1/s1. The van der Waals surface area contributed by atoms with Crippen molar-refractivity contribution in [3.8, 4) is 0 Å². The van der Waals surface area contributed by atoms with Gasteiger partial charge in [-0.1, -0.05) is 32.1 Å². The Morgan fingerprint density at radius 3 is 2.65 bits per heavy atom. The monoisotopic (exact) mass is 320 g/mol. The van der Waals surface area contributed by atoms with Crippen molar-refractivity contribution in [2.45, 2.75) is 84.0 Å². The summed E-state index contributed by atoms with van der Waals surface area (Å²) in [5.74, 6) is 0.923. The number of carbonyl (C=O) groups is 1. The molecule has 3 heteroatoms. The summed E-state index contributed by atoms with van der Waals surface area (Å²) in [4.78, 5) is 12.4. The summed E-state index contributed by atoms with van der Waals surface area (Å²) in [5, 5.41) is 10.5. The molecule has 0 spiro atoms. The highest BCUT2D eigenvalue weighted by Crippen LogP contribution is 2.37. The van der Waals surface area contributed by atoms with Crippen molar-refractivity contribution in [1.82, 2.24) is 0 Å². The van der Waals surface area contributed by atoms with E-state index in [0.717, 1.165) is 19.3 Å². The minimum Gasteiger partial charge on any atom is -0.386 e. The molecule has 1 N–H and O–H groups in total. The van der Waals surface area contributed by atoms with Crippen molar-refractivity contribution < 1.29 is 14.6 Å². The van der Waals surface area contributed by atoms with Crippen LogP contribution in [0.25, 0.3) is 0 Å². The fourth-order valence-corrected chi connectivity index (χ4v) is 3.64. The molecule has 2 heterocycles. The van der Waals surface area contributed by atoms with Crippen molar-refractivity contribution >= 4 is 5.78 Å². The van der Waals surface area contributed by atoms with E-state index in [4.69, 9.17) is 4.74 Å². The van der Waals surface area contributed by atoms with E-state index in [-0.39, 0.29) is 23.9 Å². The molecule has 0 aromatic carbocycles. The number of fused-ring (bicyclic) bond motifs is 2. The van der Waals surface area contributed by atoms with Crippen molar-refractivity contribution in [3.05, 3.63) is 23.8 Å². The predicted octanol–water partition coefficient (Wildman–Crippen LogP) is 4.20. The van der Waals surface area contributed by atoms with Crippen LogP contribution < -0.4 is 0 Å². The van der Waals surface area contributed by atoms with Crippen LogP contribution in [-0.2, 0) is 9.53 Å². The number of hydrogen-bond donors (Lipinski definition) is 1. The van der Waals surface area contributed by atoms with Crippen molar-refractivity contribution in [2.75, 3.05) is 0 Å². The van der Waals surface area contributed by atoms with Gasteiger partial charge in [0.15, 0.2) is 0 Å². The van der Waals surface area contributed by atoms with Gasteiger partial charge in [0.1, 0.15) is 5.78 Å². The molecule has 0 aromatic heterocycles. The van der Waals surface area contributed by atoms with E-state index in [2.05, 4.69) is 32.9 Å². The van der Waals surface area contributed by atoms with E-state index in [9.17, 15) is 9.90 Å². The maximum absolute atomic E-state index is 12.4. The highest BCUT2D eigenvalue weighted by atomic mass is 16.5. The number of hydrogen-bond acceptors (Lipinski definition) is 3. The Kier molecular flexibility index (Phi) is 5.52. The lowest BCUT2D eigenvalue weighted by Crippen LogP contribution is -2.32. The highest BCUT2D eigenvalue weighted by molar-refractivity contribution is 5.80. The molecule has 0 saturated carbocycles. The first-order valence-electron chi connectivity index (χ1n) is 8.88. The molecule has 0 amide bonds. The maximum atomic E-state index is 12.4. The van der Waals surface area contributed by atoms with E-state index in [1.165, 1.54) is 5.57 Å². The molecule has 1 fully saturated rings. The molecule has 2 aliphatic rings. The molecule has 23 heavy (non-hydrogen) atoms. The largest absolute Gasteiger partial charge is 0.386 e. The minimum atomic E-state index is -1.08. The molecule has 4 atom stereocenters. The van der Waals surface area contributed by atoms with Gasteiger partial charge in [-0.25, -0.2) is 0 Å². The zero-order valence-electron chi connectivity index (χ0n) is 15.3. The maximum Gasteiger partial charge on any atom is 0.138 e. The molecule has 2 rings (SSSR count). The molecule has 3 nitrogen and oxygen atoms in total. The molecule has 0 radical (unpaired) electrons. The number of aliphatic hydroxyl groups is 1. The van der Waals surface area contributed by atoms with Gasteiger partial charge in [0, 0.05) is 12.8 Å². The van der Waals surface area contributed by atoms with Crippen molar-refractivity contribution in [2.24, 2.45) is 11.8 Å². The summed E-state index contributed by atoms with van der Waals surface area (Å²) < 4.78 is 6.22. The highest BCUT2D eigenvalue weighted by Gasteiger charge is 2.39. The molecule has 2 aliphatic heterocycles. The number of Topliss-reactive ketones (excluding diaryl/α,β-unsaturated/α-hetero) is 1. The van der Waals surface area contributed by atoms with E-state index in [0.29, 0.717) is 18.3 Å². The predicted molar refractivity (Wildman–Crippen MR) is 93.2 cm³/mol. The van der Waals surface area contributed by atoms with Gasteiger partial charge in [-0.05, 0) is 57.4 Å². The molecule has 2 bridgehead atoms. The molecule has 0 aliphatic carbocycles. The Labute approximate surface area is 140 Å². The molecule has 130 valence electrons. The number of ketones is 1. The molecule has 0 unspecified atom stereocenters. The summed E-state index contributed by atoms with van der Waals surface area (Å²) in [7, 11) is 0. The van der Waals surface area contributed by atoms with Gasteiger partial charge in [0.05, 0.1) is 17.3 Å². The van der Waals surface area contributed by atoms with E-state index in [1.807, 2.05) is 13.0 Å². The van der Waals surface area contributed by atoms with Crippen LogP contribution in [0.3, 0.4) is 0 Å². The number of carbonyl (C=O) groups excluding carboxylic acids is 1. The molecular weight excluding hydrogens is 288 g/mol. The molecule has 0 aromatic rings. The third kappa shape index (κ3) is 5.02. The summed E-state index contributed by atoms with van der Waals surface area (Å²) in [5.41, 5.74) is -0.195. The van der Waals surface area contributed by atoms with E-state index in [1.54, 1.807) is 6.92 Å². The van der Waals surface area contributed by atoms with Crippen LogP contribution in [0.5, 0.6) is 0 Å². The lowest BCUT2D eigenvalue weighted by atomic mass is 9.86. The number of ether oxygens (including phenoxy) is 1. The lowest BCUT2D eigenvalue weighted by molar-refractivity contribution is -0.128. The summed E-state index contributed by atoms with van der Waals surface area (Å²) >= 11 is 0. The van der Waals surface area contributed by atoms with Gasteiger partial charge in [0.25, 0.3) is 0 Å². The first-order chi connectivity index (χ1) is 10.6. The Morgan fingerprint density at radius 1 is 1.30 bits per heavy atom. The van der Waals surface area contributed by atoms with Gasteiger partial charge < -0.3 is 9.84 Å². The first kappa shape index (κ1) is 18.4. The van der Waals surface area contributed by atoms with Gasteiger partial charge in [-0.15, -0.1) is 0 Å². The third-order valence-corrected chi connectivity index (χ3v) is 5.27. The molecular formula is C20H32O3. The second kappa shape index (κ2) is 6.90. The van der Waals surface area contributed by atoms with E-state index < -0.39 is 5.60 Å². The van der Waals surface area contributed by atoms with Gasteiger partial charge in [0.2, 0.25) is 0 Å². The van der Waals surface area contributed by atoms with Crippen LogP contribution in [-0.4, -0.2) is 28.2 Å². The van der Waals surface area contributed by atoms with Crippen LogP contribution in [0.4, 0.5) is 0 Å². The molecule has 1 saturated heterocycles. The van der Waals surface area contributed by atoms with Crippen LogP contribution >= 0.6 is 0 Å². The average molecular weight is 320 g/mol. The average Bonchev–Trinajstić information content (AvgIpc) is 2.78. The lowest BCUT2D eigenvalue weighted by Gasteiger charge is -2.26.